The summed E-state index contributed by atoms with van der Waals surface area (Å²) < 4.78 is 28.4. The first kappa shape index (κ1) is 11.5. The van der Waals surface area contributed by atoms with Gasteiger partial charge in [0.05, 0.1) is 0 Å². The van der Waals surface area contributed by atoms with Crippen LogP contribution < -0.4 is 0 Å². The summed E-state index contributed by atoms with van der Waals surface area (Å²) in [5, 5.41) is 7.42. The molecule has 1 aliphatic carbocycles. The minimum absolute atomic E-state index is 0.157. The van der Waals surface area contributed by atoms with E-state index in [1.165, 1.54) is 6.42 Å². The summed E-state index contributed by atoms with van der Waals surface area (Å²) in [6.07, 6.45) is 5.34. The molecule has 0 bridgehead atoms. The summed E-state index contributed by atoms with van der Waals surface area (Å²) in [6.45, 7) is 2.63. The van der Waals surface area contributed by atoms with Crippen molar-refractivity contribution >= 4 is 0 Å². The molecule has 0 unspecified atom stereocenters. The predicted molar refractivity (Wildman–Crippen MR) is 56.4 cm³/mol. The summed E-state index contributed by atoms with van der Waals surface area (Å²) >= 11 is 0. The number of aryl methyl sites for hydroxylation is 1. The molecule has 16 heavy (non-hydrogen) atoms. The van der Waals surface area contributed by atoms with Gasteiger partial charge in [0.2, 0.25) is 5.82 Å². The van der Waals surface area contributed by atoms with Crippen molar-refractivity contribution in [2.24, 2.45) is 0 Å². The predicted octanol–water partition coefficient (Wildman–Crippen LogP) is 3.20. The maximum Gasteiger partial charge on any atom is 0.304 e. The second-order valence-corrected chi connectivity index (χ2v) is 4.62. The minimum Gasteiger partial charge on any atom is -0.307 e. The lowest BCUT2D eigenvalue weighted by Gasteiger charge is -2.26. The third kappa shape index (κ3) is 2.08. The summed E-state index contributed by atoms with van der Waals surface area (Å²) in [5.41, 5.74) is 0. The van der Waals surface area contributed by atoms with Gasteiger partial charge < -0.3 is 4.57 Å². The van der Waals surface area contributed by atoms with Crippen LogP contribution in [0.15, 0.2) is 0 Å². The fourth-order valence-corrected chi connectivity index (χ4v) is 2.45. The molecule has 1 heterocycles. The van der Waals surface area contributed by atoms with Crippen molar-refractivity contribution in [3.63, 3.8) is 0 Å². The molecule has 0 radical (unpaired) electrons. The van der Waals surface area contributed by atoms with Crippen molar-refractivity contribution in [1.82, 2.24) is 14.8 Å². The third-order valence-electron chi connectivity index (χ3n) is 3.20. The molecule has 1 aromatic rings. The molecule has 1 fully saturated rings. The topological polar surface area (TPSA) is 30.7 Å². The molecule has 0 amide bonds. The Morgan fingerprint density at radius 1 is 1.19 bits per heavy atom. The average molecular weight is 229 g/mol. The Hall–Kier alpha value is -1.00. The van der Waals surface area contributed by atoms with Crippen molar-refractivity contribution in [2.75, 3.05) is 0 Å². The molecule has 1 aliphatic rings. The van der Waals surface area contributed by atoms with Crippen LogP contribution in [-0.2, 0) is 5.92 Å². The highest BCUT2D eigenvalue weighted by Crippen LogP contribution is 2.34. The van der Waals surface area contributed by atoms with Gasteiger partial charge in [0.1, 0.15) is 5.82 Å². The molecule has 0 spiro atoms. The highest BCUT2D eigenvalue weighted by Gasteiger charge is 2.34. The maximum atomic E-state index is 13.4. The lowest BCUT2D eigenvalue weighted by Crippen LogP contribution is -2.22. The second-order valence-electron chi connectivity index (χ2n) is 4.62. The standard InChI is InChI=1S/C11H17F2N3/c1-8-14-15-10(11(2,12)13)16(8)9-6-4-3-5-7-9/h9H,3-7H2,1-2H3. The average Bonchev–Trinajstić information content (AvgIpc) is 2.61. The van der Waals surface area contributed by atoms with E-state index in [0.717, 1.165) is 32.6 Å². The first-order valence-electron chi connectivity index (χ1n) is 5.80. The number of aromatic nitrogens is 3. The van der Waals surface area contributed by atoms with E-state index in [1.807, 2.05) is 0 Å². The lowest BCUT2D eigenvalue weighted by atomic mass is 9.95. The number of alkyl halides is 2. The van der Waals surface area contributed by atoms with Crippen LogP contribution in [0.4, 0.5) is 8.78 Å². The molecule has 0 aliphatic heterocycles. The van der Waals surface area contributed by atoms with Crippen LogP contribution in [0.25, 0.3) is 0 Å². The van der Waals surface area contributed by atoms with Gasteiger partial charge in [-0.1, -0.05) is 19.3 Å². The first-order chi connectivity index (χ1) is 7.50. The zero-order valence-electron chi connectivity index (χ0n) is 9.71. The maximum absolute atomic E-state index is 13.4. The molecule has 0 aromatic carbocycles. The van der Waals surface area contributed by atoms with Crippen molar-refractivity contribution < 1.29 is 8.78 Å². The smallest absolute Gasteiger partial charge is 0.304 e. The normalized spacial score (nSPS) is 19.0. The Labute approximate surface area is 93.9 Å². The van der Waals surface area contributed by atoms with Crippen LogP contribution >= 0.6 is 0 Å². The Morgan fingerprint density at radius 3 is 2.38 bits per heavy atom. The van der Waals surface area contributed by atoms with Crippen molar-refractivity contribution in [3.05, 3.63) is 11.6 Å². The number of halogens is 2. The highest BCUT2D eigenvalue weighted by atomic mass is 19.3. The summed E-state index contributed by atoms with van der Waals surface area (Å²) in [4.78, 5) is 0. The molecule has 1 saturated carbocycles. The van der Waals surface area contributed by atoms with Crippen molar-refractivity contribution in [2.45, 2.75) is 57.9 Å². The molecule has 0 atom stereocenters. The zero-order valence-corrected chi connectivity index (χ0v) is 9.71. The Morgan fingerprint density at radius 2 is 1.81 bits per heavy atom. The van der Waals surface area contributed by atoms with E-state index in [2.05, 4.69) is 10.2 Å². The van der Waals surface area contributed by atoms with Crippen LogP contribution in [0, 0.1) is 6.92 Å². The molecule has 0 saturated heterocycles. The van der Waals surface area contributed by atoms with Crippen LogP contribution in [0.3, 0.4) is 0 Å². The monoisotopic (exact) mass is 229 g/mol. The van der Waals surface area contributed by atoms with Gasteiger partial charge in [0.15, 0.2) is 0 Å². The van der Waals surface area contributed by atoms with Gasteiger partial charge in [0.25, 0.3) is 0 Å². The quantitative estimate of drug-likeness (QED) is 0.779. The van der Waals surface area contributed by atoms with Crippen LogP contribution in [0.1, 0.15) is 56.7 Å². The molecule has 90 valence electrons. The molecular formula is C11H17F2N3. The van der Waals surface area contributed by atoms with Crippen LogP contribution in [0.2, 0.25) is 0 Å². The fourth-order valence-electron chi connectivity index (χ4n) is 2.45. The Balaban J connectivity index is 2.34. The number of hydrogen-bond acceptors (Lipinski definition) is 2. The van der Waals surface area contributed by atoms with Crippen LogP contribution in [0.5, 0.6) is 0 Å². The van der Waals surface area contributed by atoms with E-state index in [1.54, 1.807) is 11.5 Å². The third-order valence-corrected chi connectivity index (χ3v) is 3.20. The fraction of sp³-hybridized carbons (Fsp3) is 0.818. The van der Waals surface area contributed by atoms with E-state index in [4.69, 9.17) is 0 Å². The highest BCUT2D eigenvalue weighted by molar-refractivity contribution is 5.03. The van der Waals surface area contributed by atoms with Gasteiger partial charge in [-0.25, -0.2) is 0 Å². The SMILES string of the molecule is Cc1nnc(C(C)(F)F)n1C1CCCCC1. The lowest BCUT2D eigenvalue weighted by molar-refractivity contribution is 0.00129. The molecule has 2 rings (SSSR count). The van der Waals surface area contributed by atoms with Crippen molar-refractivity contribution in [3.8, 4) is 0 Å². The zero-order chi connectivity index (χ0) is 11.8. The number of nitrogens with zero attached hydrogens (tertiary/aromatic N) is 3. The molecular weight excluding hydrogens is 212 g/mol. The van der Waals surface area contributed by atoms with Gasteiger partial charge in [-0.3, -0.25) is 0 Å². The number of rotatable bonds is 2. The molecule has 3 nitrogen and oxygen atoms in total. The van der Waals surface area contributed by atoms with Gasteiger partial charge in [0, 0.05) is 13.0 Å². The number of hydrogen-bond donors (Lipinski definition) is 0. The van der Waals surface area contributed by atoms with Crippen LogP contribution in [-0.4, -0.2) is 14.8 Å². The van der Waals surface area contributed by atoms with Gasteiger partial charge >= 0.3 is 5.92 Å². The van der Waals surface area contributed by atoms with Gasteiger partial charge in [-0.05, 0) is 19.8 Å². The van der Waals surface area contributed by atoms with Gasteiger partial charge in [-0.15, -0.1) is 10.2 Å². The molecule has 5 heteroatoms. The molecule has 1 aromatic heterocycles. The minimum atomic E-state index is -2.90. The van der Waals surface area contributed by atoms with E-state index >= 15 is 0 Å². The van der Waals surface area contributed by atoms with E-state index in [-0.39, 0.29) is 11.9 Å². The summed E-state index contributed by atoms with van der Waals surface area (Å²) in [6, 6.07) is 0.157. The van der Waals surface area contributed by atoms with Crippen molar-refractivity contribution in [1.29, 1.82) is 0 Å². The second kappa shape index (κ2) is 4.11. The van der Waals surface area contributed by atoms with E-state index in [0.29, 0.717) is 5.82 Å². The first-order valence-corrected chi connectivity index (χ1v) is 5.80. The van der Waals surface area contributed by atoms with E-state index in [9.17, 15) is 8.78 Å². The largest absolute Gasteiger partial charge is 0.307 e. The summed E-state index contributed by atoms with van der Waals surface area (Å²) in [5.74, 6) is -2.49. The Kier molecular flexibility index (Phi) is 2.95. The molecule has 0 N–H and O–H groups in total. The Bertz CT molecular complexity index is 362. The summed E-state index contributed by atoms with van der Waals surface area (Å²) in [7, 11) is 0. The van der Waals surface area contributed by atoms with E-state index < -0.39 is 5.92 Å². The van der Waals surface area contributed by atoms with Gasteiger partial charge in [-0.2, -0.15) is 8.78 Å².